The Hall–Kier alpha value is -0.260. The van der Waals surface area contributed by atoms with E-state index in [1.54, 1.807) is 8.35 Å². The summed E-state index contributed by atoms with van der Waals surface area (Å²) in [6.45, 7) is 14.2. The molecule has 0 fully saturated rings. The first-order chi connectivity index (χ1) is 11.2. The van der Waals surface area contributed by atoms with E-state index in [1.165, 1.54) is 10.6 Å². The molecule has 0 heterocycles. The number of benzene rings is 2. The predicted molar refractivity (Wildman–Crippen MR) is 115 cm³/mol. The first-order valence-electron chi connectivity index (χ1n) is 8.84. The first-order valence-corrected chi connectivity index (χ1v) is 14.5. The van der Waals surface area contributed by atoms with Gasteiger partial charge in [0.2, 0.25) is 0 Å². The average Bonchev–Trinajstić information content (AvgIpc) is 2.47. The molecule has 2 rings (SSSR count). The summed E-state index contributed by atoms with van der Waals surface area (Å²) in [5, 5.41) is 2.79. The van der Waals surface area contributed by atoms with Crippen LogP contribution in [0.1, 0.15) is 41.5 Å². The molecule has 2 aromatic carbocycles. The SMILES string of the molecule is CC(C)(C)[CH2][In][CH2]C(C)(C)C.c1ccc(Pc2ccccc2)cc1. The fourth-order valence-corrected chi connectivity index (χ4v) is 8.55. The second-order valence-corrected chi connectivity index (χ2v) is 14.1. The van der Waals surface area contributed by atoms with Crippen molar-refractivity contribution >= 4 is 42.1 Å². The molecule has 2 aromatic rings. The van der Waals surface area contributed by atoms with Crippen LogP contribution in [0.3, 0.4) is 0 Å². The Kier molecular flexibility index (Phi) is 9.68. The smallest absolute Gasteiger partial charge is 0.0226 e. The van der Waals surface area contributed by atoms with Gasteiger partial charge in [-0.25, -0.2) is 0 Å². The molecule has 0 aliphatic heterocycles. The molecule has 129 valence electrons. The van der Waals surface area contributed by atoms with Gasteiger partial charge in [0.1, 0.15) is 0 Å². The van der Waals surface area contributed by atoms with Gasteiger partial charge in [-0.05, 0) is 10.6 Å². The number of hydrogen-bond acceptors (Lipinski definition) is 0. The minimum atomic E-state index is -0.226. The summed E-state index contributed by atoms with van der Waals surface area (Å²) < 4.78 is 3.08. The van der Waals surface area contributed by atoms with E-state index in [-0.39, 0.29) is 22.9 Å². The number of rotatable bonds is 4. The molecule has 0 atom stereocenters. The Morgan fingerprint density at radius 3 is 1.25 bits per heavy atom. The molecule has 0 unspecified atom stereocenters. The van der Waals surface area contributed by atoms with Crippen LogP contribution in [-0.4, -0.2) is 22.9 Å². The van der Waals surface area contributed by atoms with Crippen LogP contribution < -0.4 is 10.6 Å². The van der Waals surface area contributed by atoms with E-state index < -0.39 is 0 Å². The van der Waals surface area contributed by atoms with Gasteiger partial charge < -0.3 is 0 Å². The summed E-state index contributed by atoms with van der Waals surface area (Å²) in [4.78, 5) is 0. The van der Waals surface area contributed by atoms with Crippen molar-refractivity contribution in [3.63, 3.8) is 0 Å². The van der Waals surface area contributed by atoms with Gasteiger partial charge in [0.15, 0.2) is 0 Å². The Labute approximate surface area is 163 Å². The van der Waals surface area contributed by atoms with Crippen LogP contribution in [-0.2, 0) is 0 Å². The van der Waals surface area contributed by atoms with Crippen LogP contribution in [0, 0.1) is 10.8 Å². The normalized spacial score (nSPS) is 11.4. The fraction of sp³-hybridized carbons (Fsp3) is 0.455. The Morgan fingerprint density at radius 2 is 0.958 bits per heavy atom. The van der Waals surface area contributed by atoms with Crippen LogP contribution >= 0.6 is 8.58 Å². The Bertz CT molecular complexity index is 499. The maximum absolute atomic E-state index is 2.36. The summed E-state index contributed by atoms with van der Waals surface area (Å²) in [5.74, 6) is 0. The molecule has 0 bridgehead atoms. The van der Waals surface area contributed by atoms with Gasteiger partial charge in [0.25, 0.3) is 0 Å². The standard InChI is InChI=1S/C12H11P.2C5H11.In/c1-3-7-11(8-4-1)13-12-9-5-2-6-10-12;2*1-5(2,3)4;/h1-10,13H;2*1H2,2-4H3;. The van der Waals surface area contributed by atoms with Crippen molar-refractivity contribution in [2.24, 2.45) is 10.8 Å². The van der Waals surface area contributed by atoms with Crippen molar-refractivity contribution in [3.8, 4) is 0 Å². The zero-order chi connectivity index (χ0) is 18.1. The third-order valence-corrected chi connectivity index (χ3v) is 13.2. The van der Waals surface area contributed by atoms with Gasteiger partial charge in [0.05, 0.1) is 0 Å². The van der Waals surface area contributed by atoms with Crippen molar-refractivity contribution in [2.75, 3.05) is 0 Å². The monoisotopic (exact) mass is 443 g/mol. The minimum Gasteiger partial charge on any atom is -0.0622 e. The summed E-state index contributed by atoms with van der Waals surface area (Å²) in [5.41, 5.74) is 1.21. The van der Waals surface area contributed by atoms with E-state index >= 15 is 0 Å². The molecule has 0 aliphatic rings. The first kappa shape index (κ1) is 21.8. The predicted octanol–water partition coefficient (Wildman–Crippen LogP) is 5.94. The van der Waals surface area contributed by atoms with Crippen LogP contribution in [0.15, 0.2) is 60.7 Å². The van der Waals surface area contributed by atoms with Gasteiger partial charge >= 0.3 is 83.6 Å². The molecule has 0 saturated carbocycles. The van der Waals surface area contributed by atoms with E-state index in [0.717, 1.165) is 8.58 Å². The van der Waals surface area contributed by atoms with Crippen LogP contribution in [0.5, 0.6) is 0 Å². The maximum Gasteiger partial charge on any atom is -0.0226 e. The second kappa shape index (κ2) is 10.7. The zero-order valence-corrected chi connectivity index (χ0v) is 20.6. The molecule has 0 N–H and O–H groups in total. The topological polar surface area (TPSA) is 0 Å². The van der Waals surface area contributed by atoms with Crippen LogP contribution in [0.4, 0.5) is 0 Å². The van der Waals surface area contributed by atoms with E-state index in [2.05, 4.69) is 102 Å². The summed E-state index contributed by atoms with van der Waals surface area (Å²) >= 11 is -0.226. The van der Waals surface area contributed by atoms with E-state index in [0.29, 0.717) is 10.8 Å². The summed E-state index contributed by atoms with van der Waals surface area (Å²) in [7, 11) is 0.777. The minimum absolute atomic E-state index is 0.226. The third kappa shape index (κ3) is 12.2. The molecule has 0 aliphatic carbocycles. The maximum atomic E-state index is 2.36. The van der Waals surface area contributed by atoms with Crippen LogP contribution in [0.25, 0.3) is 0 Å². The van der Waals surface area contributed by atoms with Crippen molar-refractivity contribution in [2.45, 2.75) is 49.9 Å². The van der Waals surface area contributed by atoms with Gasteiger partial charge in [-0.3, -0.25) is 0 Å². The third-order valence-electron chi connectivity index (χ3n) is 3.35. The van der Waals surface area contributed by atoms with Crippen molar-refractivity contribution in [1.82, 2.24) is 0 Å². The van der Waals surface area contributed by atoms with Gasteiger partial charge in [0, 0.05) is 0 Å². The molecule has 0 saturated heterocycles. The van der Waals surface area contributed by atoms with Gasteiger partial charge in [-0.15, -0.1) is 0 Å². The molecule has 0 aromatic heterocycles. The molecular formula is C22H33InP. The summed E-state index contributed by atoms with van der Waals surface area (Å²) in [6.07, 6.45) is 0. The van der Waals surface area contributed by atoms with E-state index in [4.69, 9.17) is 0 Å². The largest absolute Gasteiger partial charge is 0.0622 e. The molecule has 1 radical (unpaired) electrons. The Balaban J connectivity index is 0.000000245. The molecule has 0 spiro atoms. The van der Waals surface area contributed by atoms with Crippen molar-refractivity contribution in [1.29, 1.82) is 0 Å². The quantitative estimate of drug-likeness (QED) is 0.514. The molecule has 0 amide bonds. The fourth-order valence-electron chi connectivity index (χ4n) is 2.15. The van der Waals surface area contributed by atoms with Crippen LogP contribution in [0.2, 0.25) is 8.35 Å². The van der Waals surface area contributed by atoms with E-state index in [9.17, 15) is 0 Å². The van der Waals surface area contributed by atoms with Gasteiger partial charge in [-0.2, -0.15) is 0 Å². The zero-order valence-electron chi connectivity index (χ0n) is 16.3. The summed E-state index contributed by atoms with van der Waals surface area (Å²) in [6, 6.07) is 21.2. The van der Waals surface area contributed by atoms with Gasteiger partial charge in [-0.1, -0.05) is 69.2 Å². The molecule has 24 heavy (non-hydrogen) atoms. The average molecular weight is 443 g/mol. The Morgan fingerprint density at radius 1 is 0.625 bits per heavy atom. The second-order valence-electron chi connectivity index (χ2n) is 8.68. The van der Waals surface area contributed by atoms with Crippen molar-refractivity contribution in [3.05, 3.63) is 60.7 Å². The van der Waals surface area contributed by atoms with E-state index in [1.807, 2.05) is 0 Å². The van der Waals surface area contributed by atoms with Crippen molar-refractivity contribution < 1.29 is 0 Å². The molecule has 0 nitrogen and oxygen atoms in total. The molecule has 2 heteroatoms. The molecular weight excluding hydrogens is 410 g/mol. The number of hydrogen-bond donors (Lipinski definition) is 0.